The second-order valence-electron chi connectivity index (χ2n) is 7.52. The fourth-order valence-electron chi connectivity index (χ4n) is 4.12. The highest BCUT2D eigenvalue weighted by molar-refractivity contribution is 5.86. The van der Waals surface area contributed by atoms with Crippen LogP contribution in [0.3, 0.4) is 0 Å². The molecule has 2 aliphatic rings. The molecule has 2 aromatic rings. The van der Waals surface area contributed by atoms with E-state index in [1.54, 1.807) is 0 Å². The van der Waals surface area contributed by atoms with Crippen LogP contribution < -0.4 is 9.64 Å². The van der Waals surface area contributed by atoms with Crippen molar-refractivity contribution in [3.8, 4) is 5.88 Å². The van der Waals surface area contributed by atoms with E-state index < -0.39 is 13.0 Å². The van der Waals surface area contributed by atoms with Crippen LogP contribution in [0.1, 0.15) is 12.8 Å². The minimum Gasteiger partial charge on any atom is -0.471 e. The van der Waals surface area contributed by atoms with Gasteiger partial charge in [-0.2, -0.15) is 0 Å². The van der Waals surface area contributed by atoms with Crippen molar-refractivity contribution in [1.82, 2.24) is 19.8 Å². The molecule has 0 N–H and O–H groups in total. The third kappa shape index (κ3) is 4.24. The summed E-state index contributed by atoms with van der Waals surface area (Å²) in [7, 11) is 1.87. The number of halogens is 2. The van der Waals surface area contributed by atoms with Gasteiger partial charge in [-0.25, -0.2) is 18.7 Å². The van der Waals surface area contributed by atoms with Crippen LogP contribution in [0.25, 0.3) is 10.9 Å². The van der Waals surface area contributed by atoms with Gasteiger partial charge in [0.05, 0.1) is 16.9 Å². The molecule has 2 fully saturated rings. The van der Waals surface area contributed by atoms with Crippen molar-refractivity contribution in [2.24, 2.45) is 0 Å². The van der Waals surface area contributed by atoms with Gasteiger partial charge in [0.15, 0.2) is 6.61 Å². The van der Waals surface area contributed by atoms with Gasteiger partial charge in [-0.3, -0.25) is 9.69 Å². The number of anilines is 1. The van der Waals surface area contributed by atoms with E-state index in [1.807, 2.05) is 30.1 Å². The summed E-state index contributed by atoms with van der Waals surface area (Å²) in [6, 6.07) is 5.70. The lowest BCUT2D eigenvalue weighted by atomic mass is 10.0. The maximum atomic E-state index is 12.5. The maximum absolute atomic E-state index is 12.5. The van der Waals surface area contributed by atoms with E-state index in [4.69, 9.17) is 4.74 Å². The zero-order chi connectivity index (χ0) is 20.4. The lowest BCUT2D eigenvalue weighted by Gasteiger charge is -2.42. The molecule has 0 bridgehead atoms. The molecule has 156 valence electrons. The molecule has 7 nitrogen and oxygen atoms in total. The van der Waals surface area contributed by atoms with Gasteiger partial charge in [-0.15, -0.1) is 0 Å². The van der Waals surface area contributed by atoms with E-state index in [1.165, 1.54) is 6.33 Å². The predicted octanol–water partition coefficient (Wildman–Crippen LogP) is 2.02. The maximum Gasteiger partial charge on any atom is 0.272 e. The Bertz CT molecular complexity index is 873. The van der Waals surface area contributed by atoms with Crippen LogP contribution in [0.4, 0.5) is 14.5 Å². The van der Waals surface area contributed by atoms with Crippen LogP contribution in [-0.4, -0.2) is 84.5 Å². The Labute approximate surface area is 168 Å². The molecule has 1 aromatic heterocycles. The molecule has 1 amide bonds. The topological polar surface area (TPSA) is 61.8 Å². The van der Waals surface area contributed by atoms with Crippen molar-refractivity contribution >= 4 is 22.5 Å². The van der Waals surface area contributed by atoms with Crippen molar-refractivity contribution in [2.75, 3.05) is 51.3 Å². The summed E-state index contributed by atoms with van der Waals surface area (Å²) < 4.78 is 30.2. The van der Waals surface area contributed by atoms with Crippen LogP contribution in [0.5, 0.6) is 5.88 Å². The number of carbonyl (C=O) groups is 1. The highest BCUT2D eigenvalue weighted by atomic mass is 19.3. The summed E-state index contributed by atoms with van der Waals surface area (Å²) in [6.45, 7) is 3.34. The van der Waals surface area contributed by atoms with Gasteiger partial charge < -0.3 is 14.5 Å². The molecule has 0 radical (unpaired) electrons. The minimum atomic E-state index is -2.56. The number of carbonyl (C=O) groups excluding carboxylic acids is 1. The molecule has 0 saturated carbocycles. The number of ether oxygens (including phenoxy) is 1. The third-order valence-electron chi connectivity index (χ3n) is 5.68. The SMILES string of the molecule is CN1CCCC(N2CCN(c3ccc4ncnc(OCC(F)F)c4c3)CC2)C1=O. The Balaban J connectivity index is 1.47. The van der Waals surface area contributed by atoms with Crippen molar-refractivity contribution in [3.63, 3.8) is 0 Å². The second kappa shape index (κ2) is 8.44. The number of nitrogens with zero attached hydrogens (tertiary/aromatic N) is 5. The summed E-state index contributed by atoms with van der Waals surface area (Å²) in [4.78, 5) is 27.0. The standard InChI is InChI=1S/C20H25F2N5O2/c1-25-6-2-3-17(20(25)28)27-9-7-26(8-10-27)14-4-5-16-15(11-14)19(24-13-23-16)29-12-18(21)22/h4-5,11,13,17-18H,2-3,6-10,12H2,1H3. The van der Waals surface area contributed by atoms with Gasteiger partial charge in [0, 0.05) is 45.5 Å². The molecular formula is C20H25F2N5O2. The number of fused-ring (bicyclic) bond motifs is 1. The van der Waals surface area contributed by atoms with Crippen molar-refractivity contribution in [1.29, 1.82) is 0 Å². The van der Waals surface area contributed by atoms with E-state index in [0.29, 0.717) is 10.9 Å². The molecule has 9 heteroatoms. The molecule has 1 aromatic carbocycles. The molecule has 3 heterocycles. The Morgan fingerprint density at radius 3 is 2.72 bits per heavy atom. The Morgan fingerprint density at radius 2 is 1.97 bits per heavy atom. The Morgan fingerprint density at radius 1 is 1.17 bits per heavy atom. The third-order valence-corrected chi connectivity index (χ3v) is 5.68. The smallest absolute Gasteiger partial charge is 0.272 e. The number of likely N-dealkylation sites (N-methyl/N-ethyl adjacent to an activating group) is 1. The van der Waals surface area contributed by atoms with E-state index in [2.05, 4.69) is 19.8 Å². The molecule has 2 saturated heterocycles. The number of amides is 1. The van der Waals surface area contributed by atoms with Gasteiger partial charge in [0.2, 0.25) is 11.8 Å². The molecule has 0 spiro atoms. The first-order valence-electron chi connectivity index (χ1n) is 9.92. The first kappa shape index (κ1) is 19.8. The molecule has 29 heavy (non-hydrogen) atoms. The Hall–Kier alpha value is -2.55. The van der Waals surface area contributed by atoms with Gasteiger partial charge >= 0.3 is 0 Å². The average molecular weight is 405 g/mol. The number of piperazine rings is 1. The van der Waals surface area contributed by atoms with Crippen LogP contribution in [0.2, 0.25) is 0 Å². The van der Waals surface area contributed by atoms with E-state index in [-0.39, 0.29) is 17.8 Å². The Kier molecular flexibility index (Phi) is 5.75. The monoisotopic (exact) mass is 405 g/mol. The molecule has 2 aliphatic heterocycles. The summed E-state index contributed by atoms with van der Waals surface area (Å²) in [5, 5.41) is 0.622. The highest BCUT2D eigenvalue weighted by Gasteiger charge is 2.33. The summed E-state index contributed by atoms with van der Waals surface area (Å²) in [5.41, 5.74) is 1.63. The van der Waals surface area contributed by atoms with Crippen molar-refractivity contribution in [3.05, 3.63) is 24.5 Å². The molecule has 0 aliphatic carbocycles. The average Bonchev–Trinajstić information content (AvgIpc) is 2.74. The van der Waals surface area contributed by atoms with E-state index >= 15 is 0 Å². The normalized spacial score (nSPS) is 21.2. The lowest BCUT2D eigenvalue weighted by Crippen LogP contribution is -2.57. The fourth-order valence-corrected chi connectivity index (χ4v) is 4.12. The highest BCUT2D eigenvalue weighted by Crippen LogP contribution is 2.28. The van der Waals surface area contributed by atoms with Crippen LogP contribution in [-0.2, 0) is 4.79 Å². The van der Waals surface area contributed by atoms with Gasteiger partial charge in [0.1, 0.15) is 6.33 Å². The summed E-state index contributed by atoms with van der Waals surface area (Å²) in [6.07, 6.45) is 0.720. The zero-order valence-corrected chi connectivity index (χ0v) is 16.4. The fraction of sp³-hybridized carbons (Fsp3) is 0.550. The molecule has 1 unspecified atom stereocenters. The van der Waals surface area contributed by atoms with Gasteiger partial charge in [-0.05, 0) is 31.0 Å². The van der Waals surface area contributed by atoms with E-state index in [0.717, 1.165) is 51.3 Å². The number of hydrogen-bond donors (Lipinski definition) is 0. The lowest BCUT2D eigenvalue weighted by molar-refractivity contribution is -0.138. The van der Waals surface area contributed by atoms with E-state index in [9.17, 15) is 13.6 Å². The first-order valence-corrected chi connectivity index (χ1v) is 9.92. The molecule has 1 atom stereocenters. The molecular weight excluding hydrogens is 380 g/mol. The van der Waals surface area contributed by atoms with Gasteiger partial charge in [-0.1, -0.05) is 0 Å². The summed E-state index contributed by atoms with van der Waals surface area (Å²) >= 11 is 0. The molecule has 4 rings (SSSR count). The minimum absolute atomic E-state index is 0.0183. The van der Waals surface area contributed by atoms with Gasteiger partial charge in [0.25, 0.3) is 6.43 Å². The quantitative estimate of drug-likeness (QED) is 0.759. The first-order chi connectivity index (χ1) is 14.0. The van der Waals surface area contributed by atoms with Crippen LogP contribution in [0.15, 0.2) is 24.5 Å². The number of likely N-dealkylation sites (tertiary alicyclic amines) is 1. The number of aromatic nitrogens is 2. The number of benzene rings is 1. The number of rotatable bonds is 5. The summed E-state index contributed by atoms with van der Waals surface area (Å²) in [5.74, 6) is 0.389. The zero-order valence-electron chi connectivity index (χ0n) is 16.4. The predicted molar refractivity (Wildman–Crippen MR) is 105 cm³/mol. The van der Waals surface area contributed by atoms with Crippen molar-refractivity contribution < 1.29 is 18.3 Å². The number of alkyl halides is 2. The van der Waals surface area contributed by atoms with Crippen molar-refractivity contribution in [2.45, 2.75) is 25.3 Å². The van der Waals surface area contributed by atoms with Crippen LogP contribution >= 0.6 is 0 Å². The largest absolute Gasteiger partial charge is 0.471 e. The second-order valence-corrected chi connectivity index (χ2v) is 7.52. The number of hydrogen-bond acceptors (Lipinski definition) is 6. The van der Waals surface area contributed by atoms with Crippen LogP contribution in [0, 0.1) is 0 Å². The number of piperidine rings is 1.